The van der Waals surface area contributed by atoms with Gasteiger partial charge in [0.05, 0.1) is 17.3 Å². The molecule has 0 fully saturated rings. The van der Waals surface area contributed by atoms with Crippen LogP contribution in [0.3, 0.4) is 0 Å². The van der Waals surface area contributed by atoms with Gasteiger partial charge in [0.1, 0.15) is 4.83 Å². The number of thiophene rings is 1. The molecule has 2 heterocycles. The summed E-state index contributed by atoms with van der Waals surface area (Å²) in [5.74, 6) is -0.0958. The van der Waals surface area contributed by atoms with Crippen LogP contribution in [0.1, 0.15) is 33.6 Å². The fourth-order valence-electron chi connectivity index (χ4n) is 2.25. The number of carbonyl (C=O) groups excluding carboxylic acids is 1. The van der Waals surface area contributed by atoms with Crippen molar-refractivity contribution < 1.29 is 9.90 Å². The van der Waals surface area contributed by atoms with E-state index in [0.717, 1.165) is 6.42 Å². The van der Waals surface area contributed by atoms with Crippen molar-refractivity contribution in [3.63, 3.8) is 0 Å². The Hall–Kier alpha value is -1.73. The summed E-state index contributed by atoms with van der Waals surface area (Å²) in [6.07, 6.45) is 2.49. The van der Waals surface area contributed by atoms with Crippen LogP contribution in [0.5, 0.6) is 0 Å². The Balaban J connectivity index is 1.91. The second-order valence-corrected chi connectivity index (χ2v) is 6.97. The maximum atomic E-state index is 12.2. The average molecular weight is 337 g/mol. The number of nitrogens with zero attached hydrogens (tertiary/aromatic N) is 2. The van der Waals surface area contributed by atoms with E-state index in [1.807, 2.05) is 19.2 Å². The van der Waals surface area contributed by atoms with Gasteiger partial charge in [-0.05, 0) is 24.3 Å². The molecule has 126 valence electrons. The van der Waals surface area contributed by atoms with E-state index in [4.69, 9.17) is 0 Å². The minimum absolute atomic E-state index is 0.0932. The molecule has 0 aromatic carbocycles. The number of rotatable bonds is 7. The van der Waals surface area contributed by atoms with Gasteiger partial charge in [-0.3, -0.25) is 14.2 Å². The molecule has 2 N–H and O–H groups in total. The van der Waals surface area contributed by atoms with Crippen molar-refractivity contribution in [1.82, 2.24) is 14.9 Å². The van der Waals surface area contributed by atoms with Crippen LogP contribution in [0.2, 0.25) is 0 Å². The van der Waals surface area contributed by atoms with Gasteiger partial charge in [-0.2, -0.15) is 0 Å². The fourth-order valence-corrected chi connectivity index (χ4v) is 2.98. The van der Waals surface area contributed by atoms with Crippen molar-refractivity contribution in [3.8, 4) is 0 Å². The first kappa shape index (κ1) is 17.6. The third-order valence-electron chi connectivity index (χ3n) is 4.35. The summed E-state index contributed by atoms with van der Waals surface area (Å²) in [5, 5.41) is 15.4. The highest BCUT2D eigenvalue weighted by Crippen LogP contribution is 2.18. The first-order valence-corrected chi connectivity index (χ1v) is 8.65. The van der Waals surface area contributed by atoms with Crippen LogP contribution in [0.4, 0.5) is 0 Å². The molecule has 0 aliphatic rings. The van der Waals surface area contributed by atoms with Crippen molar-refractivity contribution in [1.29, 1.82) is 0 Å². The maximum Gasteiger partial charge on any atom is 0.262 e. The van der Waals surface area contributed by atoms with Crippen LogP contribution in [-0.2, 0) is 11.3 Å². The molecule has 7 heteroatoms. The van der Waals surface area contributed by atoms with Gasteiger partial charge < -0.3 is 10.4 Å². The number of aryl methyl sites for hydroxylation is 1. The molecule has 0 saturated carbocycles. The molecule has 0 aliphatic heterocycles. The zero-order valence-corrected chi connectivity index (χ0v) is 14.5. The van der Waals surface area contributed by atoms with Crippen molar-refractivity contribution in [2.24, 2.45) is 5.92 Å². The zero-order valence-electron chi connectivity index (χ0n) is 13.7. The Morgan fingerprint density at radius 1 is 1.57 bits per heavy atom. The van der Waals surface area contributed by atoms with Crippen molar-refractivity contribution in [2.45, 2.75) is 45.8 Å². The van der Waals surface area contributed by atoms with Crippen molar-refractivity contribution in [3.05, 3.63) is 28.1 Å². The summed E-state index contributed by atoms with van der Waals surface area (Å²) >= 11 is 1.42. The van der Waals surface area contributed by atoms with Crippen LogP contribution >= 0.6 is 11.3 Å². The molecule has 23 heavy (non-hydrogen) atoms. The molecular formula is C16H23N3O3S. The average Bonchev–Trinajstić information content (AvgIpc) is 3.01. The Morgan fingerprint density at radius 3 is 3.00 bits per heavy atom. The van der Waals surface area contributed by atoms with E-state index < -0.39 is 5.60 Å². The molecule has 0 bridgehead atoms. The van der Waals surface area contributed by atoms with E-state index in [0.29, 0.717) is 10.2 Å². The number of hydrogen-bond acceptors (Lipinski definition) is 5. The second kappa shape index (κ2) is 7.23. The number of carbonyl (C=O) groups is 1. The first-order valence-electron chi connectivity index (χ1n) is 7.77. The SMILES string of the molecule is CCC(C)C(C)(O)CNC(=O)CCn1cnc2sccc2c1=O. The quantitative estimate of drug-likeness (QED) is 0.806. The lowest BCUT2D eigenvalue weighted by molar-refractivity contribution is -0.123. The molecular weight excluding hydrogens is 314 g/mol. The van der Waals surface area contributed by atoms with Gasteiger partial charge >= 0.3 is 0 Å². The summed E-state index contributed by atoms with van der Waals surface area (Å²) in [5.41, 5.74) is -1.06. The monoisotopic (exact) mass is 337 g/mol. The molecule has 2 atom stereocenters. The highest BCUT2D eigenvalue weighted by molar-refractivity contribution is 7.16. The number of nitrogens with one attached hydrogen (secondary N) is 1. The third-order valence-corrected chi connectivity index (χ3v) is 5.17. The van der Waals surface area contributed by atoms with Gasteiger partial charge in [0.25, 0.3) is 5.56 Å². The minimum atomic E-state index is -0.932. The maximum absolute atomic E-state index is 12.2. The van der Waals surface area contributed by atoms with Gasteiger partial charge in [0.2, 0.25) is 5.91 Å². The highest BCUT2D eigenvalue weighted by atomic mass is 32.1. The molecule has 2 aromatic heterocycles. The Morgan fingerprint density at radius 2 is 2.30 bits per heavy atom. The second-order valence-electron chi connectivity index (χ2n) is 6.08. The van der Waals surface area contributed by atoms with Gasteiger partial charge in [0.15, 0.2) is 0 Å². The summed E-state index contributed by atoms with van der Waals surface area (Å²) in [7, 11) is 0. The summed E-state index contributed by atoms with van der Waals surface area (Å²) in [6.45, 7) is 6.15. The molecule has 1 amide bonds. The smallest absolute Gasteiger partial charge is 0.262 e. The number of hydrogen-bond donors (Lipinski definition) is 2. The molecule has 2 rings (SSSR count). The number of fused-ring (bicyclic) bond motifs is 1. The van der Waals surface area contributed by atoms with E-state index >= 15 is 0 Å². The summed E-state index contributed by atoms with van der Waals surface area (Å²) in [6, 6.07) is 1.75. The Labute approximate surface area is 139 Å². The van der Waals surface area contributed by atoms with E-state index in [1.165, 1.54) is 22.2 Å². The molecule has 0 radical (unpaired) electrons. The first-order chi connectivity index (χ1) is 10.8. The van der Waals surface area contributed by atoms with Crippen LogP contribution < -0.4 is 10.9 Å². The van der Waals surface area contributed by atoms with Gasteiger partial charge in [0, 0.05) is 19.5 Å². The number of amides is 1. The standard InChI is InChI=1S/C16H23N3O3S/c1-4-11(2)16(3,22)9-17-13(20)5-7-19-10-18-14-12(15(19)21)6-8-23-14/h6,8,10-11,22H,4-5,7,9H2,1-3H3,(H,17,20). The van der Waals surface area contributed by atoms with Gasteiger partial charge in [-0.15, -0.1) is 11.3 Å². The lowest BCUT2D eigenvalue weighted by atomic mass is 9.88. The fraction of sp³-hybridized carbons (Fsp3) is 0.562. The predicted molar refractivity (Wildman–Crippen MR) is 91.6 cm³/mol. The molecule has 6 nitrogen and oxygen atoms in total. The van der Waals surface area contributed by atoms with Crippen molar-refractivity contribution >= 4 is 27.5 Å². The zero-order chi connectivity index (χ0) is 17.0. The number of aliphatic hydroxyl groups is 1. The van der Waals surface area contributed by atoms with E-state index in [9.17, 15) is 14.7 Å². The van der Waals surface area contributed by atoms with E-state index in [2.05, 4.69) is 10.3 Å². The Kier molecular flexibility index (Phi) is 5.54. The molecule has 0 spiro atoms. The molecule has 2 unspecified atom stereocenters. The Bertz CT molecular complexity index is 735. The minimum Gasteiger partial charge on any atom is -0.388 e. The molecule has 2 aromatic rings. The van der Waals surface area contributed by atoms with Crippen LogP contribution in [0.25, 0.3) is 10.2 Å². The largest absolute Gasteiger partial charge is 0.388 e. The van der Waals surface area contributed by atoms with E-state index in [1.54, 1.807) is 13.0 Å². The van der Waals surface area contributed by atoms with E-state index in [-0.39, 0.29) is 36.9 Å². The predicted octanol–water partition coefficient (Wildman–Crippen LogP) is 1.76. The normalized spacial score (nSPS) is 15.3. The highest BCUT2D eigenvalue weighted by Gasteiger charge is 2.27. The number of aromatic nitrogens is 2. The summed E-state index contributed by atoms with van der Waals surface area (Å²) in [4.78, 5) is 29.1. The third kappa shape index (κ3) is 4.17. The lowest BCUT2D eigenvalue weighted by Crippen LogP contribution is -2.45. The van der Waals surface area contributed by atoms with Crippen LogP contribution in [-0.4, -0.2) is 32.7 Å². The van der Waals surface area contributed by atoms with Gasteiger partial charge in [-0.1, -0.05) is 20.3 Å². The van der Waals surface area contributed by atoms with Crippen LogP contribution in [0, 0.1) is 5.92 Å². The topological polar surface area (TPSA) is 84.2 Å². The lowest BCUT2D eigenvalue weighted by Gasteiger charge is -2.29. The molecule has 0 aliphatic carbocycles. The van der Waals surface area contributed by atoms with Gasteiger partial charge in [-0.25, -0.2) is 4.98 Å². The molecule has 0 saturated heterocycles. The summed E-state index contributed by atoms with van der Waals surface area (Å²) < 4.78 is 1.45. The van der Waals surface area contributed by atoms with Crippen molar-refractivity contribution in [2.75, 3.05) is 6.54 Å². The van der Waals surface area contributed by atoms with Crippen LogP contribution in [0.15, 0.2) is 22.6 Å².